The third kappa shape index (κ3) is 2.90. The number of carbonyl (C=O) groups excluding carboxylic acids is 1. The minimum absolute atomic E-state index is 0.108. The summed E-state index contributed by atoms with van der Waals surface area (Å²) in [6.07, 6.45) is 4.39. The predicted octanol–water partition coefficient (Wildman–Crippen LogP) is 4.10. The highest BCUT2D eigenvalue weighted by Gasteiger charge is 2.39. The van der Waals surface area contributed by atoms with E-state index in [2.05, 4.69) is 11.9 Å². The van der Waals surface area contributed by atoms with Crippen LogP contribution in [0.25, 0.3) is 0 Å². The first-order valence-corrected chi connectivity index (χ1v) is 7.93. The van der Waals surface area contributed by atoms with Gasteiger partial charge in [0.1, 0.15) is 10.6 Å². The van der Waals surface area contributed by atoms with Crippen LogP contribution in [0.3, 0.4) is 0 Å². The molecule has 0 N–H and O–H groups in total. The average molecular weight is 281 g/mol. The predicted molar refractivity (Wildman–Crippen MR) is 77.8 cm³/mol. The summed E-state index contributed by atoms with van der Waals surface area (Å²) in [6, 6.07) is 0. The van der Waals surface area contributed by atoms with E-state index in [1.165, 1.54) is 24.2 Å². The molecule has 106 valence electrons. The second kappa shape index (κ2) is 5.71. The molecule has 1 aliphatic carbocycles. The maximum Gasteiger partial charge on any atom is 0.171 e. The molecule has 0 spiro atoms. The van der Waals surface area contributed by atoms with Crippen LogP contribution in [0.4, 0.5) is 0 Å². The number of rotatable bonds is 4. The van der Waals surface area contributed by atoms with E-state index in [0.29, 0.717) is 6.61 Å². The summed E-state index contributed by atoms with van der Waals surface area (Å²) >= 11 is 1.53. The van der Waals surface area contributed by atoms with Crippen molar-refractivity contribution in [2.24, 2.45) is 5.92 Å². The minimum Gasteiger partial charge on any atom is -0.368 e. The zero-order valence-corrected chi connectivity index (χ0v) is 13.1. The van der Waals surface area contributed by atoms with Gasteiger partial charge in [-0.15, -0.1) is 11.3 Å². The first-order chi connectivity index (χ1) is 8.98. The molecule has 2 rings (SSSR count). The van der Waals surface area contributed by atoms with Crippen molar-refractivity contribution >= 4 is 17.1 Å². The molecule has 1 aromatic rings. The van der Waals surface area contributed by atoms with Crippen LogP contribution in [-0.2, 0) is 10.3 Å². The first kappa shape index (κ1) is 14.7. The Morgan fingerprint density at radius 2 is 2.11 bits per heavy atom. The Morgan fingerprint density at radius 1 is 1.47 bits per heavy atom. The third-order valence-electron chi connectivity index (χ3n) is 4.01. The Morgan fingerprint density at radius 3 is 2.58 bits per heavy atom. The van der Waals surface area contributed by atoms with Crippen molar-refractivity contribution in [2.45, 2.75) is 59.0 Å². The second-order valence-electron chi connectivity index (χ2n) is 5.60. The zero-order chi connectivity index (χ0) is 14.0. The van der Waals surface area contributed by atoms with Crippen LogP contribution in [0.2, 0.25) is 0 Å². The molecule has 0 radical (unpaired) electrons. The van der Waals surface area contributed by atoms with E-state index in [1.54, 1.807) is 6.92 Å². The van der Waals surface area contributed by atoms with Crippen LogP contribution in [0.1, 0.15) is 66.8 Å². The van der Waals surface area contributed by atoms with Crippen LogP contribution in [0, 0.1) is 12.8 Å². The number of aryl methyl sites for hydroxylation is 1. The van der Waals surface area contributed by atoms with Gasteiger partial charge in [0.15, 0.2) is 5.78 Å². The van der Waals surface area contributed by atoms with Crippen LogP contribution in [0.15, 0.2) is 0 Å². The van der Waals surface area contributed by atoms with Crippen molar-refractivity contribution in [3.63, 3.8) is 0 Å². The highest BCUT2D eigenvalue weighted by molar-refractivity contribution is 7.14. The smallest absolute Gasteiger partial charge is 0.171 e. The lowest BCUT2D eigenvalue weighted by Crippen LogP contribution is -2.34. The Balaban J connectivity index is 2.34. The van der Waals surface area contributed by atoms with Crippen LogP contribution >= 0.6 is 11.3 Å². The molecule has 1 fully saturated rings. The Hall–Kier alpha value is -0.740. The fourth-order valence-electron chi connectivity index (χ4n) is 2.84. The lowest BCUT2D eigenvalue weighted by Gasteiger charge is -2.37. The molecule has 0 aromatic carbocycles. The Labute approximate surface area is 119 Å². The van der Waals surface area contributed by atoms with Gasteiger partial charge in [-0.1, -0.05) is 6.92 Å². The maximum absolute atomic E-state index is 11.6. The van der Waals surface area contributed by atoms with E-state index >= 15 is 0 Å². The molecule has 0 atom stereocenters. The van der Waals surface area contributed by atoms with E-state index < -0.39 is 0 Å². The molecule has 1 aromatic heterocycles. The summed E-state index contributed by atoms with van der Waals surface area (Å²) in [5.41, 5.74) is 0.606. The number of ether oxygens (including phenoxy) is 1. The van der Waals surface area contributed by atoms with Gasteiger partial charge in [0.05, 0.1) is 10.6 Å². The molecule has 3 nitrogen and oxygen atoms in total. The van der Waals surface area contributed by atoms with Crippen molar-refractivity contribution in [3.05, 3.63) is 15.6 Å². The van der Waals surface area contributed by atoms with Gasteiger partial charge in [-0.25, -0.2) is 4.98 Å². The number of hydrogen-bond acceptors (Lipinski definition) is 4. The largest absolute Gasteiger partial charge is 0.368 e. The van der Waals surface area contributed by atoms with Crippen molar-refractivity contribution < 1.29 is 9.53 Å². The number of nitrogens with zero attached hydrogens (tertiary/aromatic N) is 1. The number of hydrogen-bond donors (Lipinski definition) is 0. The molecule has 0 amide bonds. The van der Waals surface area contributed by atoms with Gasteiger partial charge in [0, 0.05) is 13.5 Å². The maximum atomic E-state index is 11.6. The monoisotopic (exact) mass is 281 g/mol. The van der Waals surface area contributed by atoms with Crippen molar-refractivity contribution in [1.82, 2.24) is 4.98 Å². The van der Waals surface area contributed by atoms with Crippen LogP contribution in [0.5, 0.6) is 0 Å². The SMILES string of the molecule is CCOC1(c2nc(C)c(C(C)=O)s2)CCC(C)CC1. The molecule has 0 aliphatic heterocycles. The van der Waals surface area contributed by atoms with Gasteiger partial charge in [0.2, 0.25) is 0 Å². The fraction of sp³-hybridized carbons (Fsp3) is 0.733. The average Bonchev–Trinajstić information content (AvgIpc) is 2.75. The number of aromatic nitrogens is 1. The molecular weight excluding hydrogens is 258 g/mol. The molecule has 4 heteroatoms. The molecule has 0 saturated heterocycles. The van der Waals surface area contributed by atoms with Crippen molar-refractivity contribution in [1.29, 1.82) is 0 Å². The quantitative estimate of drug-likeness (QED) is 0.780. The topological polar surface area (TPSA) is 39.2 Å². The van der Waals surface area contributed by atoms with Crippen molar-refractivity contribution in [3.8, 4) is 0 Å². The van der Waals surface area contributed by atoms with Crippen LogP contribution in [-0.4, -0.2) is 17.4 Å². The molecule has 1 heterocycles. The standard InChI is InChI=1S/C15H23NO2S/c1-5-18-15(8-6-10(2)7-9-15)14-16-11(3)13(19-14)12(4)17/h10H,5-9H2,1-4H3. The molecule has 1 saturated carbocycles. The molecule has 1 aliphatic rings. The number of thiazole rings is 1. The van der Waals surface area contributed by atoms with Gasteiger partial charge in [-0.2, -0.15) is 0 Å². The van der Waals surface area contributed by atoms with Gasteiger partial charge in [-0.05, 0) is 45.4 Å². The minimum atomic E-state index is -0.246. The van der Waals surface area contributed by atoms with E-state index in [1.807, 2.05) is 13.8 Å². The third-order valence-corrected chi connectivity index (χ3v) is 5.45. The lowest BCUT2D eigenvalue weighted by atomic mass is 9.79. The van der Waals surface area contributed by atoms with E-state index in [4.69, 9.17) is 4.74 Å². The molecule has 19 heavy (non-hydrogen) atoms. The highest BCUT2D eigenvalue weighted by atomic mass is 32.1. The van der Waals surface area contributed by atoms with Gasteiger partial charge in [0.25, 0.3) is 0 Å². The molecule has 0 bridgehead atoms. The Kier molecular flexibility index (Phi) is 4.41. The normalized spacial score (nSPS) is 27.5. The van der Waals surface area contributed by atoms with E-state index in [0.717, 1.165) is 34.3 Å². The Bertz CT molecular complexity index is 459. The van der Waals surface area contributed by atoms with Crippen LogP contribution < -0.4 is 0 Å². The zero-order valence-electron chi connectivity index (χ0n) is 12.3. The summed E-state index contributed by atoms with van der Waals surface area (Å²) in [6.45, 7) is 8.56. The number of ketones is 1. The summed E-state index contributed by atoms with van der Waals surface area (Å²) < 4.78 is 6.09. The van der Waals surface area contributed by atoms with Gasteiger partial charge in [-0.3, -0.25) is 4.79 Å². The number of Topliss-reactive ketones (excluding diaryl/α,β-unsaturated/α-hetero) is 1. The molecule has 0 unspecified atom stereocenters. The summed E-state index contributed by atoms with van der Waals surface area (Å²) in [5, 5.41) is 1.00. The fourth-order valence-corrected chi connectivity index (χ4v) is 4.00. The van der Waals surface area contributed by atoms with Gasteiger partial charge < -0.3 is 4.74 Å². The van der Waals surface area contributed by atoms with Crippen molar-refractivity contribution in [2.75, 3.05) is 6.61 Å². The summed E-state index contributed by atoms with van der Waals surface area (Å²) in [5.74, 6) is 0.874. The van der Waals surface area contributed by atoms with E-state index in [9.17, 15) is 4.79 Å². The second-order valence-corrected chi connectivity index (χ2v) is 6.60. The lowest BCUT2D eigenvalue weighted by molar-refractivity contribution is -0.0776. The molecular formula is C15H23NO2S. The number of carbonyl (C=O) groups is 1. The van der Waals surface area contributed by atoms with Gasteiger partial charge >= 0.3 is 0 Å². The highest BCUT2D eigenvalue weighted by Crippen LogP contribution is 2.44. The van der Waals surface area contributed by atoms with E-state index in [-0.39, 0.29) is 11.4 Å². The summed E-state index contributed by atoms with van der Waals surface area (Å²) in [4.78, 5) is 17.0. The first-order valence-electron chi connectivity index (χ1n) is 7.11. The summed E-state index contributed by atoms with van der Waals surface area (Å²) in [7, 11) is 0.